The van der Waals surface area contributed by atoms with Crippen molar-refractivity contribution < 1.29 is 23.1 Å². The summed E-state index contributed by atoms with van der Waals surface area (Å²) in [5.41, 5.74) is 0.441. The molecule has 174 valence electrons. The van der Waals surface area contributed by atoms with Crippen molar-refractivity contribution in [3.05, 3.63) is 52.9 Å². The summed E-state index contributed by atoms with van der Waals surface area (Å²) in [7, 11) is 0. The number of amides is 1. The fraction of sp³-hybridized carbons (Fsp3) is 0.542. The van der Waals surface area contributed by atoms with Crippen LogP contribution in [0, 0.1) is 17.0 Å². The lowest BCUT2D eigenvalue weighted by Gasteiger charge is -2.41. The Hall–Kier alpha value is -2.77. The molecule has 0 saturated carbocycles. The standard InChI is InChI=1S/C24H31F2N3O3/c1-5-29-21(13-20(27-29)16(3)4)22(30)28-11-7-10-24(15-28,23(31)32-6-2)14-17-8-9-18(25)12-19(17)26/h8-9,12-13,16H,5-7,10-11,14-15H2,1-4H3. The molecule has 2 aromatic rings. The minimum Gasteiger partial charge on any atom is -0.466 e. The van der Waals surface area contributed by atoms with E-state index in [2.05, 4.69) is 5.10 Å². The van der Waals surface area contributed by atoms with E-state index in [0.717, 1.165) is 11.8 Å². The fourth-order valence-corrected chi connectivity index (χ4v) is 4.30. The minimum absolute atomic E-state index is 0.0337. The largest absolute Gasteiger partial charge is 0.466 e. The van der Waals surface area contributed by atoms with Crippen LogP contribution in [0.15, 0.2) is 24.3 Å². The topological polar surface area (TPSA) is 64.4 Å². The number of rotatable bonds is 7. The second-order valence-electron chi connectivity index (χ2n) is 8.67. The zero-order valence-corrected chi connectivity index (χ0v) is 19.2. The quantitative estimate of drug-likeness (QED) is 0.593. The Morgan fingerprint density at radius 3 is 2.59 bits per heavy atom. The van der Waals surface area contributed by atoms with Gasteiger partial charge in [0.2, 0.25) is 0 Å². The molecular formula is C24H31F2N3O3. The molecule has 3 rings (SSSR count). The number of carbonyl (C=O) groups excluding carboxylic acids is 2. The predicted molar refractivity (Wildman–Crippen MR) is 116 cm³/mol. The van der Waals surface area contributed by atoms with E-state index in [-0.39, 0.29) is 37.0 Å². The first-order chi connectivity index (χ1) is 15.2. The summed E-state index contributed by atoms with van der Waals surface area (Å²) in [5, 5.41) is 4.53. The van der Waals surface area contributed by atoms with E-state index in [0.29, 0.717) is 31.6 Å². The number of aryl methyl sites for hydroxylation is 1. The smallest absolute Gasteiger partial charge is 0.314 e. The molecule has 1 fully saturated rings. The molecule has 0 aliphatic carbocycles. The number of halogens is 2. The third kappa shape index (κ3) is 4.84. The Morgan fingerprint density at radius 2 is 1.97 bits per heavy atom. The molecule has 1 aliphatic rings. The van der Waals surface area contributed by atoms with Crippen molar-refractivity contribution in [2.75, 3.05) is 19.7 Å². The minimum atomic E-state index is -1.10. The van der Waals surface area contributed by atoms with Crippen LogP contribution < -0.4 is 0 Å². The summed E-state index contributed by atoms with van der Waals surface area (Å²) >= 11 is 0. The molecule has 8 heteroatoms. The second-order valence-corrected chi connectivity index (χ2v) is 8.67. The maximum Gasteiger partial charge on any atom is 0.314 e. The Balaban J connectivity index is 1.93. The summed E-state index contributed by atoms with van der Waals surface area (Å²) in [6.07, 6.45) is 1.06. The fourth-order valence-electron chi connectivity index (χ4n) is 4.30. The molecule has 1 amide bonds. The molecule has 32 heavy (non-hydrogen) atoms. The van der Waals surface area contributed by atoms with Crippen LogP contribution in [0.5, 0.6) is 0 Å². The van der Waals surface area contributed by atoms with Crippen molar-refractivity contribution in [1.82, 2.24) is 14.7 Å². The molecular weight excluding hydrogens is 416 g/mol. The number of carbonyl (C=O) groups is 2. The van der Waals surface area contributed by atoms with Gasteiger partial charge in [0.25, 0.3) is 5.91 Å². The highest BCUT2D eigenvalue weighted by molar-refractivity contribution is 5.93. The van der Waals surface area contributed by atoms with Gasteiger partial charge in [0.1, 0.15) is 17.3 Å². The summed E-state index contributed by atoms with van der Waals surface area (Å²) < 4.78 is 34.9. The number of ether oxygens (including phenoxy) is 1. The van der Waals surface area contributed by atoms with Gasteiger partial charge in [-0.25, -0.2) is 8.78 Å². The molecule has 1 unspecified atom stereocenters. The highest BCUT2D eigenvalue weighted by atomic mass is 19.1. The number of hydrogen-bond donors (Lipinski definition) is 0. The lowest BCUT2D eigenvalue weighted by Crippen LogP contribution is -2.52. The first-order valence-electron chi connectivity index (χ1n) is 11.2. The predicted octanol–water partition coefficient (Wildman–Crippen LogP) is 4.33. The van der Waals surface area contributed by atoms with Gasteiger partial charge < -0.3 is 9.64 Å². The molecule has 1 atom stereocenters. The Kier molecular flexibility index (Phi) is 7.31. The number of aromatic nitrogens is 2. The summed E-state index contributed by atoms with van der Waals surface area (Å²) in [6.45, 7) is 8.98. The third-order valence-electron chi connectivity index (χ3n) is 6.03. The zero-order chi connectivity index (χ0) is 23.5. The van der Waals surface area contributed by atoms with Crippen molar-refractivity contribution in [3.63, 3.8) is 0 Å². The van der Waals surface area contributed by atoms with E-state index in [1.165, 1.54) is 12.1 Å². The van der Waals surface area contributed by atoms with Crippen LogP contribution in [-0.2, 0) is 22.5 Å². The lowest BCUT2D eigenvalue weighted by atomic mass is 9.74. The maximum absolute atomic E-state index is 14.4. The Labute approximate surface area is 187 Å². The van der Waals surface area contributed by atoms with E-state index >= 15 is 0 Å². The van der Waals surface area contributed by atoms with E-state index < -0.39 is 23.0 Å². The SMILES string of the molecule is CCOC(=O)C1(Cc2ccc(F)cc2F)CCCN(C(=O)c2cc(C(C)C)nn2CC)C1. The van der Waals surface area contributed by atoms with Crippen molar-refractivity contribution in [2.24, 2.45) is 5.41 Å². The summed E-state index contributed by atoms with van der Waals surface area (Å²) in [4.78, 5) is 28.1. The average Bonchev–Trinajstić information content (AvgIpc) is 3.20. The van der Waals surface area contributed by atoms with Crippen LogP contribution in [0.3, 0.4) is 0 Å². The van der Waals surface area contributed by atoms with E-state index in [1.807, 2.05) is 20.8 Å². The van der Waals surface area contributed by atoms with E-state index in [1.54, 1.807) is 22.6 Å². The van der Waals surface area contributed by atoms with Crippen molar-refractivity contribution in [1.29, 1.82) is 0 Å². The van der Waals surface area contributed by atoms with Gasteiger partial charge in [-0.3, -0.25) is 14.3 Å². The van der Waals surface area contributed by atoms with Gasteiger partial charge in [-0.2, -0.15) is 5.10 Å². The van der Waals surface area contributed by atoms with Crippen LogP contribution >= 0.6 is 0 Å². The Morgan fingerprint density at radius 1 is 1.22 bits per heavy atom. The van der Waals surface area contributed by atoms with Gasteiger partial charge >= 0.3 is 5.97 Å². The molecule has 1 aromatic carbocycles. The van der Waals surface area contributed by atoms with Crippen LogP contribution in [0.25, 0.3) is 0 Å². The number of nitrogens with zero attached hydrogens (tertiary/aromatic N) is 3. The molecule has 6 nitrogen and oxygen atoms in total. The molecule has 0 bridgehead atoms. The van der Waals surface area contributed by atoms with Gasteiger partial charge in [0.05, 0.1) is 17.7 Å². The van der Waals surface area contributed by atoms with Crippen molar-refractivity contribution in [2.45, 2.75) is 59.4 Å². The molecule has 0 spiro atoms. The monoisotopic (exact) mass is 447 g/mol. The maximum atomic E-state index is 14.4. The second kappa shape index (κ2) is 9.79. The normalized spacial score (nSPS) is 18.8. The van der Waals surface area contributed by atoms with Crippen molar-refractivity contribution >= 4 is 11.9 Å². The number of piperidine rings is 1. The zero-order valence-electron chi connectivity index (χ0n) is 19.2. The van der Waals surface area contributed by atoms with Gasteiger partial charge in [-0.05, 0) is 56.7 Å². The van der Waals surface area contributed by atoms with Gasteiger partial charge in [-0.1, -0.05) is 19.9 Å². The lowest BCUT2D eigenvalue weighted by molar-refractivity contribution is -0.158. The number of esters is 1. The Bertz CT molecular complexity index is 989. The molecule has 1 aliphatic heterocycles. The molecule has 1 saturated heterocycles. The van der Waals surface area contributed by atoms with Crippen molar-refractivity contribution in [3.8, 4) is 0 Å². The van der Waals surface area contributed by atoms with Crippen LogP contribution in [0.2, 0.25) is 0 Å². The van der Waals surface area contributed by atoms with Gasteiger partial charge in [-0.15, -0.1) is 0 Å². The van der Waals surface area contributed by atoms with Crippen LogP contribution in [0.4, 0.5) is 8.78 Å². The summed E-state index contributed by atoms with van der Waals surface area (Å²) in [6, 6.07) is 5.15. The number of benzene rings is 1. The average molecular weight is 448 g/mol. The third-order valence-corrected chi connectivity index (χ3v) is 6.03. The van der Waals surface area contributed by atoms with E-state index in [9.17, 15) is 18.4 Å². The van der Waals surface area contributed by atoms with Crippen LogP contribution in [0.1, 0.15) is 68.2 Å². The van der Waals surface area contributed by atoms with E-state index in [4.69, 9.17) is 4.74 Å². The first kappa shape index (κ1) is 23.9. The first-order valence-corrected chi connectivity index (χ1v) is 11.2. The molecule has 1 aromatic heterocycles. The van der Waals surface area contributed by atoms with Crippen LogP contribution in [-0.4, -0.2) is 46.3 Å². The van der Waals surface area contributed by atoms with Gasteiger partial charge in [0.15, 0.2) is 0 Å². The van der Waals surface area contributed by atoms with Gasteiger partial charge in [0, 0.05) is 25.7 Å². The number of likely N-dealkylation sites (tertiary alicyclic amines) is 1. The molecule has 2 heterocycles. The molecule has 0 N–H and O–H groups in total. The highest BCUT2D eigenvalue weighted by Gasteiger charge is 2.45. The number of hydrogen-bond acceptors (Lipinski definition) is 4. The molecule has 0 radical (unpaired) electrons. The summed E-state index contributed by atoms with van der Waals surface area (Å²) in [5.74, 6) is -1.88. The highest BCUT2D eigenvalue weighted by Crippen LogP contribution is 2.37.